The quantitative estimate of drug-likeness (QED) is 0.563. The lowest BCUT2D eigenvalue weighted by atomic mass is 10.1. The monoisotopic (exact) mass is 361 g/mol. The summed E-state index contributed by atoms with van der Waals surface area (Å²) in [4.78, 5) is 41.4. The van der Waals surface area contributed by atoms with E-state index in [1.54, 1.807) is 29.2 Å². The minimum Gasteiger partial charge on any atom is -0.427 e. The van der Waals surface area contributed by atoms with Crippen LogP contribution < -0.4 is 4.74 Å². The number of hydrogen-bond donors (Lipinski definition) is 0. The van der Waals surface area contributed by atoms with Crippen molar-refractivity contribution in [2.24, 2.45) is 0 Å². The van der Waals surface area contributed by atoms with Crippen molar-refractivity contribution in [1.82, 2.24) is 14.7 Å². The van der Waals surface area contributed by atoms with E-state index in [2.05, 4.69) is 4.90 Å². The van der Waals surface area contributed by atoms with E-state index in [-0.39, 0.29) is 17.8 Å². The summed E-state index contributed by atoms with van der Waals surface area (Å²) in [5.41, 5.74) is 0.563. The van der Waals surface area contributed by atoms with Gasteiger partial charge in [-0.25, -0.2) is 0 Å². The van der Waals surface area contributed by atoms with Crippen LogP contribution in [0.1, 0.15) is 31.1 Å². The van der Waals surface area contributed by atoms with Crippen molar-refractivity contribution < 1.29 is 19.1 Å². The molecule has 7 heteroatoms. The van der Waals surface area contributed by atoms with Crippen LogP contribution in [0.3, 0.4) is 0 Å². The fourth-order valence-electron chi connectivity index (χ4n) is 2.99. The Bertz CT molecular complexity index is 633. The molecule has 1 aromatic carbocycles. The van der Waals surface area contributed by atoms with E-state index in [0.717, 1.165) is 13.1 Å². The Kier molecular flexibility index (Phi) is 7.15. The van der Waals surface area contributed by atoms with E-state index in [4.69, 9.17) is 4.74 Å². The lowest BCUT2D eigenvalue weighted by Crippen LogP contribution is -2.51. The number of likely N-dealkylation sites (N-methyl/N-ethyl adjacent to an activating group) is 1. The number of nitrogens with zero attached hydrogens (tertiary/aromatic N) is 3. The number of carbonyl (C=O) groups is 3. The first-order valence-electron chi connectivity index (χ1n) is 9.02. The molecule has 0 radical (unpaired) electrons. The lowest BCUT2D eigenvalue weighted by Gasteiger charge is -2.35. The fourth-order valence-corrected chi connectivity index (χ4v) is 2.99. The molecule has 1 aliphatic rings. The highest BCUT2D eigenvalue weighted by Gasteiger charge is 2.24. The average molecular weight is 361 g/mol. The van der Waals surface area contributed by atoms with Crippen molar-refractivity contribution in [3.05, 3.63) is 29.8 Å². The second kappa shape index (κ2) is 9.33. The Morgan fingerprint density at radius 3 is 2.08 bits per heavy atom. The molecule has 0 bridgehead atoms. The SMILES string of the molecule is CCN(CC)C(=O)CN1CCN(C(=O)c2ccc(OC(C)=O)cc2)CC1. The molecular formula is C19H27N3O4. The van der Waals surface area contributed by atoms with Gasteiger partial charge in [-0.05, 0) is 38.1 Å². The molecule has 0 atom stereocenters. The van der Waals surface area contributed by atoms with Gasteiger partial charge in [-0.3, -0.25) is 19.3 Å². The van der Waals surface area contributed by atoms with Gasteiger partial charge in [-0.15, -0.1) is 0 Å². The average Bonchev–Trinajstić information content (AvgIpc) is 2.63. The third-order valence-electron chi connectivity index (χ3n) is 4.50. The van der Waals surface area contributed by atoms with Crippen molar-refractivity contribution in [1.29, 1.82) is 0 Å². The van der Waals surface area contributed by atoms with Crippen LogP contribution in [0, 0.1) is 0 Å². The molecule has 1 saturated heterocycles. The molecule has 0 saturated carbocycles. The van der Waals surface area contributed by atoms with Gasteiger partial charge in [0.1, 0.15) is 5.75 Å². The fraction of sp³-hybridized carbons (Fsp3) is 0.526. The molecule has 26 heavy (non-hydrogen) atoms. The zero-order chi connectivity index (χ0) is 19.1. The number of benzene rings is 1. The van der Waals surface area contributed by atoms with Crippen molar-refractivity contribution in [3.8, 4) is 5.75 Å². The van der Waals surface area contributed by atoms with Gasteiger partial charge in [0.2, 0.25) is 5.91 Å². The number of hydrogen-bond acceptors (Lipinski definition) is 5. The van der Waals surface area contributed by atoms with E-state index in [9.17, 15) is 14.4 Å². The minimum atomic E-state index is -0.389. The minimum absolute atomic E-state index is 0.0471. The molecule has 0 aliphatic carbocycles. The van der Waals surface area contributed by atoms with E-state index >= 15 is 0 Å². The van der Waals surface area contributed by atoms with Gasteiger partial charge in [0.15, 0.2) is 0 Å². The summed E-state index contributed by atoms with van der Waals surface area (Å²) in [5.74, 6) is 0.123. The summed E-state index contributed by atoms with van der Waals surface area (Å²) in [6.07, 6.45) is 0. The highest BCUT2D eigenvalue weighted by Crippen LogP contribution is 2.15. The maximum atomic E-state index is 12.6. The second-order valence-corrected chi connectivity index (χ2v) is 6.25. The Morgan fingerprint density at radius 2 is 1.58 bits per heavy atom. The lowest BCUT2D eigenvalue weighted by molar-refractivity contribution is -0.133. The summed E-state index contributed by atoms with van der Waals surface area (Å²) >= 11 is 0. The number of piperazine rings is 1. The summed E-state index contributed by atoms with van der Waals surface area (Å²) in [6, 6.07) is 6.56. The van der Waals surface area contributed by atoms with Gasteiger partial charge in [0, 0.05) is 51.8 Å². The Hall–Kier alpha value is -2.41. The van der Waals surface area contributed by atoms with Gasteiger partial charge in [0.25, 0.3) is 5.91 Å². The van der Waals surface area contributed by atoms with E-state index < -0.39 is 0 Å². The van der Waals surface area contributed by atoms with E-state index in [1.165, 1.54) is 6.92 Å². The first-order valence-corrected chi connectivity index (χ1v) is 9.02. The Balaban J connectivity index is 1.86. The zero-order valence-corrected chi connectivity index (χ0v) is 15.7. The van der Waals surface area contributed by atoms with Gasteiger partial charge >= 0.3 is 5.97 Å². The van der Waals surface area contributed by atoms with Crippen LogP contribution in [-0.4, -0.2) is 78.3 Å². The van der Waals surface area contributed by atoms with Gasteiger partial charge < -0.3 is 14.5 Å². The molecule has 1 aromatic rings. The van der Waals surface area contributed by atoms with Crippen LogP contribution in [0.5, 0.6) is 5.75 Å². The largest absolute Gasteiger partial charge is 0.427 e. The number of carbonyl (C=O) groups excluding carboxylic acids is 3. The topological polar surface area (TPSA) is 70.2 Å². The Morgan fingerprint density at radius 1 is 1.00 bits per heavy atom. The standard InChI is InChI=1S/C19H27N3O4/c1-4-21(5-2)18(24)14-20-10-12-22(13-11-20)19(25)16-6-8-17(9-7-16)26-15(3)23/h6-9H,4-5,10-14H2,1-3H3. The van der Waals surface area contributed by atoms with Crippen LogP contribution in [0.4, 0.5) is 0 Å². The third kappa shape index (κ3) is 5.29. The van der Waals surface area contributed by atoms with Crippen molar-refractivity contribution >= 4 is 17.8 Å². The van der Waals surface area contributed by atoms with E-state index in [0.29, 0.717) is 44.0 Å². The molecule has 0 unspecified atom stereocenters. The number of esters is 1. The number of rotatable bonds is 6. The van der Waals surface area contributed by atoms with Crippen LogP contribution in [0.25, 0.3) is 0 Å². The maximum Gasteiger partial charge on any atom is 0.308 e. The summed E-state index contributed by atoms with van der Waals surface area (Å²) in [5, 5.41) is 0. The van der Waals surface area contributed by atoms with Gasteiger partial charge in [0.05, 0.1) is 6.54 Å². The second-order valence-electron chi connectivity index (χ2n) is 6.25. The first-order chi connectivity index (χ1) is 12.4. The molecule has 1 heterocycles. The molecule has 0 aromatic heterocycles. The molecular weight excluding hydrogens is 334 g/mol. The maximum absolute atomic E-state index is 12.6. The summed E-state index contributed by atoms with van der Waals surface area (Å²) < 4.78 is 4.98. The number of ether oxygens (including phenoxy) is 1. The number of amides is 2. The molecule has 142 valence electrons. The molecule has 7 nitrogen and oxygen atoms in total. The molecule has 0 spiro atoms. The van der Waals surface area contributed by atoms with Crippen LogP contribution in [0.15, 0.2) is 24.3 Å². The van der Waals surface area contributed by atoms with Crippen LogP contribution in [-0.2, 0) is 9.59 Å². The summed E-state index contributed by atoms with van der Waals surface area (Å²) in [7, 11) is 0. The van der Waals surface area contributed by atoms with Gasteiger partial charge in [-0.1, -0.05) is 0 Å². The zero-order valence-electron chi connectivity index (χ0n) is 15.7. The predicted octanol–water partition coefficient (Wildman–Crippen LogP) is 1.24. The highest BCUT2D eigenvalue weighted by atomic mass is 16.5. The third-order valence-corrected chi connectivity index (χ3v) is 4.50. The molecule has 0 N–H and O–H groups in total. The smallest absolute Gasteiger partial charge is 0.308 e. The molecule has 2 rings (SSSR count). The van der Waals surface area contributed by atoms with Crippen molar-refractivity contribution in [2.75, 3.05) is 45.8 Å². The Labute approximate surface area is 154 Å². The van der Waals surface area contributed by atoms with Crippen LogP contribution in [0.2, 0.25) is 0 Å². The predicted molar refractivity (Wildman–Crippen MR) is 98.0 cm³/mol. The first kappa shape index (κ1) is 19.9. The molecule has 2 amide bonds. The van der Waals surface area contributed by atoms with Crippen molar-refractivity contribution in [3.63, 3.8) is 0 Å². The van der Waals surface area contributed by atoms with E-state index in [1.807, 2.05) is 18.7 Å². The van der Waals surface area contributed by atoms with Crippen molar-refractivity contribution in [2.45, 2.75) is 20.8 Å². The van der Waals surface area contributed by atoms with Crippen LogP contribution >= 0.6 is 0 Å². The molecule has 1 aliphatic heterocycles. The normalized spacial score (nSPS) is 14.8. The summed E-state index contributed by atoms with van der Waals surface area (Å²) in [6.45, 7) is 9.69. The highest BCUT2D eigenvalue weighted by molar-refractivity contribution is 5.94. The molecule has 1 fully saturated rings. The van der Waals surface area contributed by atoms with Gasteiger partial charge in [-0.2, -0.15) is 0 Å².